The van der Waals surface area contributed by atoms with Gasteiger partial charge in [0, 0.05) is 17.6 Å². The molecule has 0 amide bonds. The first-order chi connectivity index (χ1) is 11.9. The Hall–Kier alpha value is -2.14. The van der Waals surface area contributed by atoms with Crippen LogP contribution in [-0.4, -0.2) is 36.9 Å². The number of rotatable bonds is 2. The molecular weight excluding hydrogens is 320 g/mol. The molecule has 1 fully saturated rings. The van der Waals surface area contributed by atoms with E-state index < -0.39 is 18.2 Å². The van der Waals surface area contributed by atoms with Gasteiger partial charge in [-0.3, -0.25) is 0 Å². The monoisotopic (exact) mass is 344 g/mol. The van der Waals surface area contributed by atoms with E-state index in [0.29, 0.717) is 24.2 Å². The van der Waals surface area contributed by atoms with Gasteiger partial charge in [-0.2, -0.15) is 0 Å². The van der Waals surface area contributed by atoms with Crippen molar-refractivity contribution < 1.29 is 23.8 Å². The van der Waals surface area contributed by atoms with Crippen molar-refractivity contribution in [2.24, 2.45) is 5.92 Å². The summed E-state index contributed by atoms with van der Waals surface area (Å²) in [4.78, 5) is 24.4. The molecule has 1 saturated heterocycles. The molecule has 0 radical (unpaired) electrons. The summed E-state index contributed by atoms with van der Waals surface area (Å²) < 4.78 is 17.1. The lowest BCUT2D eigenvalue weighted by Gasteiger charge is -2.27. The van der Waals surface area contributed by atoms with Gasteiger partial charge in [0.25, 0.3) is 0 Å². The van der Waals surface area contributed by atoms with Gasteiger partial charge >= 0.3 is 11.9 Å². The number of ether oxygens (including phenoxy) is 3. The van der Waals surface area contributed by atoms with Crippen molar-refractivity contribution in [3.63, 3.8) is 0 Å². The molecule has 4 atom stereocenters. The summed E-state index contributed by atoms with van der Waals surface area (Å²) in [6, 6.07) is 0. The van der Waals surface area contributed by atoms with Crippen LogP contribution in [0.25, 0.3) is 0 Å². The van der Waals surface area contributed by atoms with Crippen LogP contribution in [0.15, 0.2) is 47.1 Å². The molecule has 5 heteroatoms. The van der Waals surface area contributed by atoms with Gasteiger partial charge in [-0.05, 0) is 38.8 Å². The molecule has 3 rings (SSSR count). The molecule has 0 aromatic heterocycles. The van der Waals surface area contributed by atoms with E-state index in [0.717, 1.165) is 17.6 Å². The number of fused-ring (bicyclic) bond motifs is 2. The van der Waals surface area contributed by atoms with E-state index in [9.17, 15) is 9.59 Å². The zero-order valence-electron chi connectivity index (χ0n) is 14.9. The van der Waals surface area contributed by atoms with Gasteiger partial charge in [0.2, 0.25) is 0 Å². The zero-order valence-corrected chi connectivity index (χ0v) is 14.9. The first-order valence-electron chi connectivity index (χ1n) is 8.61. The Morgan fingerprint density at radius 3 is 2.84 bits per heavy atom. The molecular formula is C20H24O5. The number of hydrogen-bond acceptors (Lipinski definition) is 5. The Kier molecular flexibility index (Phi) is 4.95. The third-order valence-corrected chi connectivity index (χ3v) is 5.02. The first kappa shape index (κ1) is 17.7. The maximum absolute atomic E-state index is 12.3. The highest BCUT2D eigenvalue weighted by atomic mass is 16.6. The molecule has 2 bridgehead atoms. The number of carbonyl (C=O) groups is 2. The van der Waals surface area contributed by atoms with Crippen LogP contribution in [0.2, 0.25) is 0 Å². The Labute approximate surface area is 148 Å². The van der Waals surface area contributed by atoms with Gasteiger partial charge in [-0.25, -0.2) is 9.59 Å². The highest BCUT2D eigenvalue weighted by Gasteiger charge is 2.45. The first-order valence-corrected chi connectivity index (χ1v) is 8.61. The SMILES string of the molecule is C=C1C(=O)O[C@@H]2/C=C(/C)C[C@@H]3C=C(CO3)C[C@H](OC(=O)/C(C)=C\C)[C@H]12. The van der Waals surface area contributed by atoms with E-state index in [-0.39, 0.29) is 18.0 Å². The maximum atomic E-state index is 12.3. The normalized spacial score (nSPS) is 34.6. The van der Waals surface area contributed by atoms with E-state index in [2.05, 4.69) is 12.7 Å². The summed E-state index contributed by atoms with van der Waals surface area (Å²) >= 11 is 0. The molecule has 25 heavy (non-hydrogen) atoms. The van der Waals surface area contributed by atoms with Gasteiger partial charge in [0.1, 0.15) is 12.2 Å². The van der Waals surface area contributed by atoms with Gasteiger partial charge < -0.3 is 14.2 Å². The fourth-order valence-electron chi connectivity index (χ4n) is 3.51. The van der Waals surface area contributed by atoms with E-state index >= 15 is 0 Å². The van der Waals surface area contributed by atoms with Crippen LogP contribution in [-0.2, 0) is 23.8 Å². The minimum Gasteiger partial charge on any atom is -0.458 e. The fraction of sp³-hybridized carbons (Fsp3) is 0.500. The molecule has 0 aromatic carbocycles. The van der Waals surface area contributed by atoms with E-state index in [1.807, 2.05) is 13.0 Å². The van der Waals surface area contributed by atoms with Crippen LogP contribution in [0, 0.1) is 5.92 Å². The van der Waals surface area contributed by atoms with Crippen LogP contribution < -0.4 is 0 Å². The molecule has 2 aliphatic heterocycles. The molecule has 0 unspecified atom stereocenters. The fourth-order valence-corrected chi connectivity index (χ4v) is 3.51. The Morgan fingerprint density at radius 2 is 2.12 bits per heavy atom. The standard InChI is InChI=1S/C20H24O5/c1-5-12(3)19(21)24-17-9-14-8-15(23-10-14)6-11(2)7-16-18(17)13(4)20(22)25-16/h5,7-8,15-18H,4,6,9-10H2,1-3H3/b11-7-,12-5-/t15-,16-,17+,18-/m1/s1. The topological polar surface area (TPSA) is 61.8 Å². The lowest BCUT2D eigenvalue weighted by Crippen LogP contribution is -2.33. The van der Waals surface area contributed by atoms with Crippen molar-refractivity contribution in [3.05, 3.63) is 47.1 Å². The molecule has 0 saturated carbocycles. The minimum atomic E-state index is -0.512. The maximum Gasteiger partial charge on any atom is 0.334 e. The van der Waals surface area contributed by atoms with Gasteiger partial charge in [-0.15, -0.1) is 0 Å². The average Bonchev–Trinajstić information content (AvgIpc) is 3.09. The summed E-state index contributed by atoms with van der Waals surface area (Å²) in [5, 5.41) is 0. The Morgan fingerprint density at radius 1 is 1.36 bits per heavy atom. The summed E-state index contributed by atoms with van der Waals surface area (Å²) in [6.45, 7) is 9.91. The van der Waals surface area contributed by atoms with Crippen molar-refractivity contribution >= 4 is 11.9 Å². The van der Waals surface area contributed by atoms with E-state index in [1.165, 1.54) is 0 Å². The summed E-state index contributed by atoms with van der Waals surface area (Å²) in [6.07, 6.45) is 6.08. The van der Waals surface area contributed by atoms with Gasteiger partial charge in [0.05, 0.1) is 18.6 Å². The molecule has 5 nitrogen and oxygen atoms in total. The highest BCUT2D eigenvalue weighted by molar-refractivity contribution is 5.92. The zero-order chi connectivity index (χ0) is 18.1. The van der Waals surface area contributed by atoms with Gasteiger partial charge in [0.15, 0.2) is 0 Å². The highest BCUT2D eigenvalue weighted by Crippen LogP contribution is 2.37. The number of allylic oxidation sites excluding steroid dienone is 1. The molecule has 0 aromatic rings. The minimum absolute atomic E-state index is 0.0248. The second-order valence-electron chi connectivity index (χ2n) is 6.93. The molecule has 2 heterocycles. The molecule has 134 valence electrons. The summed E-state index contributed by atoms with van der Waals surface area (Å²) in [7, 11) is 0. The largest absolute Gasteiger partial charge is 0.458 e. The lowest BCUT2D eigenvalue weighted by atomic mass is 9.85. The second kappa shape index (κ2) is 7.00. The average molecular weight is 344 g/mol. The van der Waals surface area contributed by atoms with Crippen molar-refractivity contribution in [2.45, 2.75) is 51.9 Å². The lowest BCUT2D eigenvalue weighted by molar-refractivity contribution is -0.147. The molecule has 0 spiro atoms. The predicted octanol–water partition coefficient (Wildman–Crippen LogP) is 3.03. The molecule has 1 aliphatic carbocycles. The molecule has 3 aliphatic rings. The predicted molar refractivity (Wildman–Crippen MR) is 92.6 cm³/mol. The van der Waals surface area contributed by atoms with Crippen molar-refractivity contribution in [2.75, 3.05) is 6.61 Å². The summed E-state index contributed by atoms with van der Waals surface area (Å²) in [5.41, 5.74) is 3.06. The van der Waals surface area contributed by atoms with Crippen molar-refractivity contribution in [3.8, 4) is 0 Å². The van der Waals surface area contributed by atoms with E-state index in [1.54, 1.807) is 19.9 Å². The van der Waals surface area contributed by atoms with Crippen molar-refractivity contribution in [1.82, 2.24) is 0 Å². The Bertz CT molecular complexity index is 695. The van der Waals surface area contributed by atoms with Crippen LogP contribution in [0.5, 0.6) is 0 Å². The van der Waals surface area contributed by atoms with Crippen LogP contribution in [0.1, 0.15) is 33.6 Å². The number of carbonyl (C=O) groups excluding carboxylic acids is 2. The molecule has 0 N–H and O–H groups in total. The summed E-state index contributed by atoms with van der Waals surface area (Å²) in [5.74, 6) is -1.18. The number of esters is 2. The van der Waals surface area contributed by atoms with Crippen LogP contribution >= 0.6 is 0 Å². The van der Waals surface area contributed by atoms with E-state index in [4.69, 9.17) is 14.2 Å². The Balaban J connectivity index is 1.96. The smallest absolute Gasteiger partial charge is 0.334 e. The second-order valence-corrected chi connectivity index (χ2v) is 6.93. The third-order valence-electron chi connectivity index (χ3n) is 5.02. The van der Waals surface area contributed by atoms with Gasteiger partial charge in [-0.1, -0.05) is 24.3 Å². The van der Waals surface area contributed by atoms with Crippen LogP contribution in [0.3, 0.4) is 0 Å². The van der Waals surface area contributed by atoms with Crippen LogP contribution in [0.4, 0.5) is 0 Å². The third kappa shape index (κ3) is 3.61. The van der Waals surface area contributed by atoms with Crippen molar-refractivity contribution in [1.29, 1.82) is 0 Å². The quantitative estimate of drug-likeness (QED) is 0.438. The number of hydrogen-bond donors (Lipinski definition) is 0.